The van der Waals surface area contributed by atoms with Crippen LogP contribution in [0.25, 0.3) is 0 Å². The van der Waals surface area contributed by atoms with Gasteiger partial charge in [-0.25, -0.2) is 4.39 Å². The van der Waals surface area contributed by atoms with Crippen molar-refractivity contribution >= 4 is 5.91 Å². The highest BCUT2D eigenvalue weighted by atomic mass is 19.1. The summed E-state index contributed by atoms with van der Waals surface area (Å²) in [5.41, 5.74) is 0.0337. The number of halogens is 1. The molecule has 1 saturated heterocycles. The van der Waals surface area contributed by atoms with Gasteiger partial charge in [0, 0.05) is 19.1 Å². The van der Waals surface area contributed by atoms with E-state index < -0.39 is 5.82 Å². The number of carbonyl (C=O) groups is 1. The Balaban J connectivity index is 2.21. The first kappa shape index (κ1) is 15.8. The summed E-state index contributed by atoms with van der Waals surface area (Å²) in [5.74, 6) is -0.527. The van der Waals surface area contributed by atoms with Crippen molar-refractivity contribution in [3.63, 3.8) is 0 Å². The molecule has 1 N–H and O–H groups in total. The lowest BCUT2D eigenvalue weighted by Crippen LogP contribution is -2.41. The molecule has 1 aromatic rings. The zero-order valence-electron chi connectivity index (χ0n) is 12.7. The lowest BCUT2D eigenvalue weighted by molar-refractivity contribution is 0.0733. The van der Waals surface area contributed by atoms with Gasteiger partial charge in [0.1, 0.15) is 17.1 Å². The molecule has 2 rings (SSSR count). The zero-order valence-corrected chi connectivity index (χ0v) is 12.7. The molecule has 1 heterocycles. The number of rotatable bonds is 6. The number of methoxy groups -OCH3 is 1. The SMILES string of the molecule is CCCN(CC1CCCN1)C(=O)c1c(F)cccc1OC. The molecule has 0 saturated carbocycles. The van der Waals surface area contributed by atoms with Crippen LogP contribution in [-0.4, -0.2) is 43.6 Å². The largest absolute Gasteiger partial charge is 0.496 e. The zero-order chi connectivity index (χ0) is 15.2. The molecule has 116 valence electrons. The molecule has 21 heavy (non-hydrogen) atoms. The van der Waals surface area contributed by atoms with E-state index in [0.29, 0.717) is 24.9 Å². The van der Waals surface area contributed by atoms with Crippen LogP contribution in [0.5, 0.6) is 5.75 Å². The first-order chi connectivity index (χ1) is 10.2. The molecule has 1 aliphatic heterocycles. The van der Waals surface area contributed by atoms with E-state index in [9.17, 15) is 9.18 Å². The molecular weight excluding hydrogens is 271 g/mol. The van der Waals surface area contributed by atoms with Crippen molar-refractivity contribution in [3.8, 4) is 5.75 Å². The summed E-state index contributed by atoms with van der Waals surface area (Å²) < 4.78 is 19.2. The quantitative estimate of drug-likeness (QED) is 0.876. The van der Waals surface area contributed by atoms with Crippen molar-refractivity contribution in [2.75, 3.05) is 26.7 Å². The maximum Gasteiger partial charge on any atom is 0.260 e. The molecule has 4 nitrogen and oxygen atoms in total. The molecule has 1 amide bonds. The minimum absolute atomic E-state index is 0.0337. The Hall–Kier alpha value is -1.62. The Morgan fingerprint density at radius 2 is 2.33 bits per heavy atom. The van der Waals surface area contributed by atoms with Gasteiger partial charge in [-0.2, -0.15) is 0 Å². The molecule has 0 aromatic heterocycles. The van der Waals surface area contributed by atoms with Crippen molar-refractivity contribution < 1.29 is 13.9 Å². The van der Waals surface area contributed by atoms with Crippen molar-refractivity contribution in [1.82, 2.24) is 10.2 Å². The minimum Gasteiger partial charge on any atom is -0.496 e. The molecule has 0 bridgehead atoms. The second-order valence-electron chi connectivity index (χ2n) is 5.36. The second kappa shape index (κ2) is 7.41. The third kappa shape index (κ3) is 3.73. The summed E-state index contributed by atoms with van der Waals surface area (Å²) in [6, 6.07) is 4.77. The van der Waals surface area contributed by atoms with Crippen molar-refractivity contribution in [2.24, 2.45) is 0 Å². The Kier molecular flexibility index (Phi) is 5.56. The normalized spacial score (nSPS) is 17.8. The maximum absolute atomic E-state index is 14.1. The summed E-state index contributed by atoms with van der Waals surface area (Å²) >= 11 is 0. The van der Waals surface area contributed by atoms with Crippen LogP contribution in [0.4, 0.5) is 4.39 Å². The van der Waals surface area contributed by atoms with Crippen LogP contribution in [0.3, 0.4) is 0 Å². The molecular formula is C16H23FN2O2. The molecule has 1 fully saturated rings. The van der Waals surface area contributed by atoms with Crippen molar-refractivity contribution in [1.29, 1.82) is 0 Å². The van der Waals surface area contributed by atoms with Crippen molar-refractivity contribution in [3.05, 3.63) is 29.6 Å². The lowest BCUT2D eigenvalue weighted by atomic mass is 10.1. The van der Waals surface area contributed by atoms with Gasteiger partial charge in [0.15, 0.2) is 0 Å². The highest BCUT2D eigenvalue weighted by molar-refractivity contribution is 5.97. The fourth-order valence-corrected chi connectivity index (χ4v) is 2.76. The van der Waals surface area contributed by atoms with Gasteiger partial charge in [0.05, 0.1) is 7.11 Å². The van der Waals surface area contributed by atoms with Crippen molar-refractivity contribution in [2.45, 2.75) is 32.2 Å². The van der Waals surface area contributed by atoms with E-state index in [4.69, 9.17) is 4.74 Å². The van der Waals surface area contributed by atoms with Gasteiger partial charge in [0.25, 0.3) is 5.91 Å². The fourth-order valence-electron chi connectivity index (χ4n) is 2.76. The lowest BCUT2D eigenvalue weighted by Gasteiger charge is -2.26. The van der Waals surface area contributed by atoms with E-state index in [0.717, 1.165) is 25.8 Å². The predicted octanol–water partition coefficient (Wildman–Crippen LogP) is 2.44. The van der Waals surface area contributed by atoms with E-state index in [-0.39, 0.29) is 11.5 Å². The van der Waals surface area contributed by atoms with E-state index >= 15 is 0 Å². The molecule has 1 aromatic carbocycles. The number of nitrogens with one attached hydrogen (secondary N) is 1. The Morgan fingerprint density at radius 3 is 2.95 bits per heavy atom. The average Bonchev–Trinajstić information content (AvgIpc) is 2.99. The highest BCUT2D eigenvalue weighted by Gasteiger charge is 2.26. The van der Waals surface area contributed by atoms with Gasteiger partial charge >= 0.3 is 0 Å². The highest BCUT2D eigenvalue weighted by Crippen LogP contribution is 2.23. The van der Waals surface area contributed by atoms with Crippen LogP contribution in [0.1, 0.15) is 36.5 Å². The molecule has 0 aliphatic carbocycles. The molecule has 1 atom stereocenters. The van der Waals surface area contributed by atoms with Gasteiger partial charge in [-0.15, -0.1) is 0 Å². The summed E-state index contributed by atoms with van der Waals surface area (Å²) in [5, 5.41) is 3.38. The number of hydrogen-bond acceptors (Lipinski definition) is 3. The first-order valence-electron chi connectivity index (χ1n) is 7.52. The number of hydrogen-bond donors (Lipinski definition) is 1. The Morgan fingerprint density at radius 1 is 1.52 bits per heavy atom. The first-order valence-corrected chi connectivity index (χ1v) is 7.52. The monoisotopic (exact) mass is 294 g/mol. The van der Waals surface area contributed by atoms with Crippen LogP contribution in [0, 0.1) is 5.82 Å². The van der Waals surface area contributed by atoms with Crippen LogP contribution < -0.4 is 10.1 Å². The topological polar surface area (TPSA) is 41.6 Å². The van der Waals surface area contributed by atoms with Crippen LogP contribution in [0.15, 0.2) is 18.2 Å². The van der Waals surface area contributed by atoms with Crippen LogP contribution in [0.2, 0.25) is 0 Å². The summed E-state index contributed by atoms with van der Waals surface area (Å²) in [7, 11) is 1.45. The molecule has 0 spiro atoms. The standard InChI is InChI=1S/C16H23FN2O2/c1-3-10-19(11-12-6-5-9-18-12)16(20)15-13(17)7-4-8-14(15)21-2/h4,7-8,12,18H,3,5-6,9-11H2,1-2H3. The third-order valence-electron chi connectivity index (χ3n) is 3.79. The van der Waals surface area contributed by atoms with Gasteiger partial charge < -0.3 is 15.0 Å². The number of benzene rings is 1. The second-order valence-corrected chi connectivity index (χ2v) is 5.36. The van der Waals surface area contributed by atoms with Gasteiger partial charge in [-0.1, -0.05) is 13.0 Å². The molecule has 5 heteroatoms. The number of amides is 1. The van der Waals surface area contributed by atoms with E-state index in [1.165, 1.54) is 13.2 Å². The molecule has 0 radical (unpaired) electrons. The number of nitrogens with zero attached hydrogens (tertiary/aromatic N) is 1. The van der Waals surface area contributed by atoms with Crippen LogP contribution >= 0.6 is 0 Å². The van der Waals surface area contributed by atoms with E-state index in [2.05, 4.69) is 5.32 Å². The number of carbonyl (C=O) groups excluding carboxylic acids is 1. The molecule has 1 unspecified atom stereocenters. The molecule has 1 aliphatic rings. The maximum atomic E-state index is 14.1. The van der Waals surface area contributed by atoms with Crippen LogP contribution in [-0.2, 0) is 0 Å². The minimum atomic E-state index is -0.528. The summed E-state index contributed by atoms with van der Waals surface area (Å²) in [6.45, 7) is 4.24. The van der Waals surface area contributed by atoms with Gasteiger partial charge in [-0.3, -0.25) is 4.79 Å². The predicted molar refractivity (Wildman–Crippen MR) is 80.2 cm³/mol. The fraction of sp³-hybridized carbons (Fsp3) is 0.562. The van der Waals surface area contributed by atoms with Gasteiger partial charge in [-0.05, 0) is 37.9 Å². The van der Waals surface area contributed by atoms with E-state index in [1.807, 2.05) is 6.92 Å². The summed E-state index contributed by atoms with van der Waals surface area (Å²) in [6.07, 6.45) is 3.03. The Bertz CT molecular complexity index is 487. The average molecular weight is 294 g/mol. The van der Waals surface area contributed by atoms with Gasteiger partial charge in [0.2, 0.25) is 0 Å². The Labute approximate surface area is 125 Å². The summed E-state index contributed by atoms with van der Waals surface area (Å²) in [4.78, 5) is 14.4. The number of ether oxygens (including phenoxy) is 1. The smallest absolute Gasteiger partial charge is 0.260 e. The third-order valence-corrected chi connectivity index (χ3v) is 3.79. The van der Waals surface area contributed by atoms with E-state index in [1.54, 1.807) is 17.0 Å².